The lowest BCUT2D eigenvalue weighted by atomic mass is 9.76. The van der Waals surface area contributed by atoms with Crippen LogP contribution in [-0.4, -0.2) is 38.8 Å². The van der Waals surface area contributed by atoms with Crippen LogP contribution in [0.4, 0.5) is 5.82 Å². The molecule has 1 saturated heterocycles. The SMILES string of the molecule is CC(=O)N1CCC2(CCc3c(NCc4ccccn4)nc(-c4ccccc4)nc32)CC1. The zero-order chi connectivity index (χ0) is 21.3. The Morgan fingerprint density at radius 1 is 1.03 bits per heavy atom. The Labute approximate surface area is 182 Å². The van der Waals surface area contributed by atoms with E-state index in [0.29, 0.717) is 6.54 Å². The zero-order valence-electron chi connectivity index (χ0n) is 17.8. The van der Waals surface area contributed by atoms with E-state index in [1.807, 2.05) is 47.5 Å². The maximum absolute atomic E-state index is 11.8. The van der Waals surface area contributed by atoms with Gasteiger partial charge in [0.15, 0.2) is 5.82 Å². The van der Waals surface area contributed by atoms with Gasteiger partial charge < -0.3 is 10.2 Å². The summed E-state index contributed by atoms with van der Waals surface area (Å²) in [5, 5.41) is 3.54. The first kappa shape index (κ1) is 19.7. The van der Waals surface area contributed by atoms with E-state index in [9.17, 15) is 4.79 Å². The number of benzene rings is 1. The molecule has 2 aromatic heterocycles. The third-order valence-electron chi connectivity index (χ3n) is 6.72. The van der Waals surface area contributed by atoms with Crippen molar-refractivity contribution in [2.45, 2.75) is 44.6 Å². The molecule has 3 aromatic rings. The molecule has 2 aliphatic rings. The van der Waals surface area contributed by atoms with Crippen molar-refractivity contribution >= 4 is 11.7 Å². The molecule has 0 saturated carbocycles. The minimum Gasteiger partial charge on any atom is -0.364 e. The smallest absolute Gasteiger partial charge is 0.219 e. The lowest BCUT2D eigenvalue weighted by Crippen LogP contribution is -2.43. The normalized spacial score (nSPS) is 16.9. The largest absolute Gasteiger partial charge is 0.364 e. The van der Waals surface area contributed by atoms with E-state index in [4.69, 9.17) is 9.97 Å². The summed E-state index contributed by atoms with van der Waals surface area (Å²) in [5.41, 5.74) is 4.45. The number of nitrogens with zero attached hydrogens (tertiary/aromatic N) is 4. The highest BCUT2D eigenvalue weighted by Gasteiger charge is 2.44. The predicted molar refractivity (Wildman–Crippen MR) is 121 cm³/mol. The molecule has 1 aromatic carbocycles. The molecule has 158 valence electrons. The Hall–Kier alpha value is -3.28. The first-order valence-corrected chi connectivity index (χ1v) is 11.0. The molecule has 1 amide bonds. The van der Waals surface area contributed by atoms with Crippen molar-refractivity contribution in [2.75, 3.05) is 18.4 Å². The summed E-state index contributed by atoms with van der Waals surface area (Å²) in [4.78, 5) is 28.3. The number of carbonyl (C=O) groups excluding carboxylic acids is 1. The van der Waals surface area contributed by atoms with Crippen LogP contribution in [0.15, 0.2) is 54.7 Å². The van der Waals surface area contributed by atoms with E-state index in [1.165, 1.54) is 11.3 Å². The summed E-state index contributed by atoms with van der Waals surface area (Å²) in [7, 11) is 0. The molecule has 0 radical (unpaired) electrons. The number of pyridine rings is 1. The van der Waals surface area contributed by atoms with Gasteiger partial charge >= 0.3 is 0 Å². The summed E-state index contributed by atoms with van der Waals surface area (Å²) >= 11 is 0. The van der Waals surface area contributed by atoms with Crippen LogP contribution in [0.5, 0.6) is 0 Å². The Kier molecular flexibility index (Phi) is 5.14. The van der Waals surface area contributed by atoms with Gasteiger partial charge in [-0.3, -0.25) is 9.78 Å². The van der Waals surface area contributed by atoms with Crippen molar-refractivity contribution < 1.29 is 4.79 Å². The minimum atomic E-state index is 0.0369. The van der Waals surface area contributed by atoms with E-state index in [-0.39, 0.29) is 11.3 Å². The molecule has 31 heavy (non-hydrogen) atoms. The topological polar surface area (TPSA) is 71.0 Å². The quantitative estimate of drug-likeness (QED) is 0.701. The molecule has 0 bridgehead atoms. The maximum Gasteiger partial charge on any atom is 0.219 e. The van der Waals surface area contributed by atoms with Gasteiger partial charge in [0, 0.05) is 42.8 Å². The van der Waals surface area contributed by atoms with Crippen LogP contribution < -0.4 is 5.32 Å². The van der Waals surface area contributed by atoms with Gasteiger partial charge in [0.05, 0.1) is 17.9 Å². The Bertz CT molecular complexity index is 1080. The Morgan fingerprint density at radius 2 is 1.81 bits per heavy atom. The van der Waals surface area contributed by atoms with Crippen molar-refractivity contribution in [1.29, 1.82) is 0 Å². The van der Waals surface area contributed by atoms with Gasteiger partial charge in [-0.2, -0.15) is 0 Å². The number of piperidine rings is 1. The predicted octanol–water partition coefficient (Wildman–Crippen LogP) is 3.98. The van der Waals surface area contributed by atoms with Gasteiger partial charge in [0.25, 0.3) is 0 Å². The van der Waals surface area contributed by atoms with E-state index < -0.39 is 0 Å². The van der Waals surface area contributed by atoms with Gasteiger partial charge in [0.1, 0.15) is 5.82 Å². The van der Waals surface area contributed by atoms with Crippen molar-refractivity contribution in [1.82, 2.24) is 19.9 Å². The molecule has 6 nitrogen and oxygen atoms in total. The molecule has 1 fully saturated rings. The van der Waals surface area contributed by atoms with Crippen LogP contribution in [0, 0.1) is 0 Å². The number of hydrogen-bond acceptors (Lipinski definition) is 5. The van der Waals surface area contributed by atoms with Gasteiger partial charge in [0.2, 0.25) is 5.91 Å². The summed E-state index contributed by atoms with van der Waals surface area (Å²) in [6, 6.07) is 16.1. The zero-order valence-corrected chi connectivity index (χ0v) is 17.8. The fraction of sp³-hybridized carbons (Fsp3) is 0.360. The van der Waals surface area contributed by atoms with Crippen molar-refractivity contribution in [2.24, 2.45) is 0 Å². The standard InChI is InChI=1S/C25H27N5O/c1-18(31)30-15-12-25(13-16-30)11-10-21-22(25)28-23(19-7-3-2-4-8-19)29-24(21)27-17-20-9-5-6-14-26-20/h2-9,14H,10-13,15-17H2,1H3,(H,27,28,29). The number of nitrogens with one attached hydrogen (secondary N) is 1. The summed E-state index contributed by atoms with van der Waals surface area (Å²) in [5.74, 6) is 1.84. The van der Waals surface area contributed by atoms with Crippen LogP contribution >= 0.6 is 0 Å². The van der Waals surface area contributed by atoms with Crippen LogP contribution in [0.1, 0.15) is 43.1 Å². The molecular formula is C25H27N5O. The van der Waals surface area contributed by atoms with Crippen molar-refractivity contribution in [3.63, 3.8) is 0 Å². The Morgan fingerprint density at radius 3 is 2.52 bits per heavy atom. The van der Waals surface area contributed by atoms with Crippen molar-refractivity contribution in [3.05, 3.63) is 71.7 Å². The summed E-state index contributed by atoms with van der Waals surface area (Å²) in [6.07, 6.45) is 5.78. The number of carbonyl (C=O) groups is 1. The number of fused-ring (bicyclic) bond motifs is 2. The van der Waals surface area contributed by atoms with E-state index in [1.54, 1.807) is 6.92 Å². The van der Waals surface area contributed by atoms with Gasteiger partial charge in [-0.1, -0.05) is 36.4 Å². The average molecular weight is 414 g/mol. The van der Waals surface area contributed by atoms with Crippen LogP contribution in [-0.2, 0) is 23.2 Å². The maximum atomic E-state index is 11.8. The van der Waals surface area contributed by atoms with Gasteiger partial charge in [-0.05, 0) is 37.8 Å². The second-order valence-electron chi connectivity index (χ2n) is 8.55. The Balaban J connectivity index is 1.52. The highest BCUT2D eigenvalue weighted by Crippen LogP contribution is 2.47. The fourth-order valence-electron chi connectivity index (χ4n) is 4.92. The van der Waals surface area contributed by atoms with Crippen LogP contribution in [0.25, 0.3) is 11.4 Å². The molecule has 0 unspecified atom stereocenters. The number of hydrogen-bond donors (Lipinski definition) is 1. The van der Waals surface area contributed by atoms with E-state index in [0.717, 1.165) is 61.7 Å². The van der Waals surface area contributed by atoms with Crippen molar-refractivity contribution in [3.8, 4) is 11.4 Å². The lowest BCUT2D eigenvalue weighted by molar-refractivity contribution is -0.130. The second-order valence-corrected chi connectivity index (χ2v) is 8.55. The van der Waals surface area contributed by atoms with E-state index >= 15 is 0 Å². The average Bonchev–Trinajstić information content (AvgIpc) is 3.17. The molecule has 1 aliphatic heterocycles. The number of amides is 1. The van der Waals surface area contributed by atoms with Gasteiger partial charge in [-0.25, -0.2) is 9.97 Å². The second kappa shape index (κ2) is 8.10. The summed E-state index contributed by atoms with van der Waals surface area (Å²) in [6.45, 7) is 3.89. The molecule has 6 heteroatoms. The molecule has 0 atom stereocenters. The molecule has 1 N–H and O–H groups in total. The highest BCUT2D eigenvalue weighted by atomic mass is 16.2. The third kappa shape index (κ3) is 3.78. The summed E-state index contributed by atoms with van der Waals surface area (Å²) < 4.78 is 0. The first-order chi connectivity index (χ1) is 15.1. The number of anilines is 1. The monoisotopic (exact) mass is 413 g/mol. The van der Waals surface area contributed by atoms with Crippen LogP contribution in [0.3, 0.4) is 0 Å². The first-order valence-electron chi connectivity index (χ1n) is 11.0. The van der Waals surface area contributed by atoms with Crippen LogP contribution in [0.2, 0.25) is 0 Å². The van der Waals surface area contributed by atoms with Gasteiger partial charge in [-0.15, -0.1) is 0 Å². The highest BCUT2D eigenvalue weighted by molar-refractivity contribution is 5.73. The third-order valence-corrected chi connectivity index (χ3v) is 6.72. The molecular weight excluding hydrogens is 386 g/mol. The molecule has 5 rings (SSSR count). The molecule has 1 spiro atoms. The number of aromatic nitrogens is 3. The molecule has 1 aliphatic carbocycles. The fourth-order valence-corrected chi connectivity index (χ4v) is 4.92. The number of likely N-dealkylation sites (tertiary alicyclic amines) is 1. The number of rotatable bonds is 4. The minimum absolute atomic E-state index is 0.0369. The molecule has 3 heterocycles. The lowest BCUT2D eigenvalue weighted by Gasteiger charge is -2.39. The van der Waals surface area contributed by atoms with E-state index in [2.05, 4.69) is 22.4 Å².